The lowest BCUT2D eigenvalue weighted by atomic mass is 9.90. The van der Waals surface area contributed by atoms with Gasteiger partial charge in [-0.1, -0.05) is 0 Å². The first-order valence-electron chi connectivity index (χ1n) is 9.98. The molecule has 140 valence electrons. The summed E-state index contributed by atoms with van der Waals surface area (Å²) in [6, 6.07) is 5.07. The third-order valence-corrected chi connectivity index (χ3v) is 6.21. The van der Waals surface area contributed by atoms with E-state index in [0.717, 1.165) is 22.8 Å². The van der Waals surface area contributed by atoms with Crippen LogP contribution in [0.5, 0.6) is 0 Å². The van der Waals surface area contributed by atoms with Crippen LogP contribution >= 0.6 is 0 Å². The number of esters is 1. The Hall–Kier alpha value is -1.88. The van der Waals surface area contributed by atoms with Crippen LogP contribution in [0.25, 0.3) is 11.0 Å². The Labute approximate surface area is 155 Å². The molecule has 5 heteroatoms. The van der Waals surface area contributed by atoms with Gasteiger partial charge in [-0.3, -0.25) is 0 Å². The van der Waals surface area contributed by atoms with E-state index in [1.807, 2.05) is 32.2 Å². The normalized spacial score (nSPS) is 20.4. The first-order chi connectivity index (χ1) is 12.6. The number of carbonyl (C=O) groups is 1. The number of piperidine rings is 1. The lowest BCUT2D eigenvalue weighted by Crippen LogP contribution is -2.37. The number of nitrogens with zero attached hydrogens (tertiary/aromatic N) is 3. The molecule has 2 fully saturated rings. The fourth-order valence-electron chi connectivity index (χ4n) is 4.64. The Morgan fingerprint density at radius 2 is 2.04 bits per heavy atom. The summed E-state index contributed by atoms with van der Waals surface area (Å²) < 4.78 is 7.59. The van der Waals surface area contributed by atoms with E-state index in [1.165, 1.54) is 38.8 Å². The molecular weight excluding hydrogens is 326 g/mol. The molecule has 0 aromatic carbocycles. The van der Waals surface area contributed by atoms with Crippen molar-refractivity contribution in [1.82, 2.24) is 14.5 Å². The quantitative estimate of drug-likeness (QED) is 0.762. The van der Waals surface area contributed by atoms with Crippen molar-refractivity contribution in [2.75, 3.05) is 19.7 Å². The summed E-state index contributed by atoms with van der Waals surface area (Å²) in [5, 5.41) is 0.908. The number of likely N-dealkylation sites (tertiary alicyclic amines) is 1. The predicted octanol–water partition coefficient (Wildman–Crippen LogP) is 3.96. The molecule has 1 saturated heterocycles. The second-order valence-corrected chi connectivity index (χ2v) is 7.77. The minimum Gasteiger partial charge on any atom is -0.462 e. The molecule has 4 rings (SSSR count). The van der Waals surface area contributed by atoms with Gasteiger partial charge in [0.15, 0.2) is 0 Å². The molecule has 0 radical (unpaired) electrons. The predicted molar refractivity (Wildman–Crippen MR) is 102 cm³/mol. The number of fused-ring (bicyclic) bond motifs is 1. The van der Waals surface area contributed by atoms with Crippen LogP contribution in [0.1, 0.15) is 61.6 Å². The molecule has 2 aromatic rings. The number of ether oxygens (including phenoxy) is 1. The summed E-state index contributed by atoms with van der Waals surface area (Å²) in [6.07, 6.45) is 7.02. The minimum absolute atomic E-state index is 0.238. The van der Waals surface area contributed by atoms with Gasteiger partial charge in [-0.05, 0) is 77.6 Å². The number of rotatable bonds is 5. The van der Waals surface area contributed by atoms with Gasteiger partial charge in [-0.25, -0.2) is 9.78 Å². The molecule has 1 saturated carbocycles. The largest absolute Gasteiger partial charge is 0.462 e. The molecule has 1 atom stereocenters. The van der Waals surface area contributed by atoms with Crippen LogP contribution in [0.3, 0.4) is 0 Å². The lowest BCUT2D eigenvalue weighted by molar-refractivity contribution is 0.0527. The average molecular weight is 355 g/mol. The molecule has 0 N–H and O–H groups in total. The number of aromatic nitrogens is 2. The first-order valence-corrected chi connectivity index (χ1v) is 9.98. The van der Waals surface area contributed by atoms with E-state index in [1.54, 1.807) is 0 Å². The Kier molecular flexibility index (Phi) is 4.74. The van der Waals surface area contributed by atoms with Crippen molar-refractivity contribution >= 4 is 17.0 Å². The standard InChI is InChI=1S/C21H29N3O2/c1-4-26-21(25)19-15(3)24(20-18(19)6-5-11-22-20)14(2)16-9-12-23(13-10-16)17-7-8-17/h5-6,11,14,16-17H,4,7-10,12-13H2,1-3H3. The van der Waals surface area contributed by atoms with Gasteiger partial charge in [0.1, 0.15) is 5.65 Å². The van der Waals surface area contributed by atoms with Gasteiger partial charge in [-0.15, -0.1) is 0 Å². The smallest absolute Gasteiger partial charge is 0.340 e. The Morgan fingerprint density at radius 3 is 2.69 bits per heavy atom. The van der Waals surface area contributed by atoms with Crippen molar-refractivity contribution in [3.8, 4) is 0 Å². The highest BCUT2D eigenvalue weighted by molar-refractivity contribution is 6.05. The second kappa shape index (κ2) is 7.03. The summed E-state index contributed by atoms with van der Waals surface area (Å²) in [4.78, 5) is 19.8. The van der Waals surface area contributed by atoms with Crippen molar-refractivity contribution in [1.29, 1.82) is 0 Å². The number of pyridine rings is 1. The number of hydrogen-bond acceptors (Lipinski definition) is 4. The summed E-state index contributed by atoms with van der Waals surface area (Å²) >= 11 is 0. The fraction of sp³-hybridized carbons (Fsp3) is 0.619. The maximum atomic E-state index is 12.5. The zero-order chi connectivity index (χ0) is 18.3. The molecule has 1 aliphatic heterocycles. The van der Waals surface area contributed by atoms with E-state index in [4.69, 9.17) is 4.74 Å². The second-order valence-electron chi connectivity index (χ2n) is 7.77. The van der Waals surface area contributed by atoms with Crippen LogP contribution in [0.4, 0.5) is 0 Å². The van der Waals surface area contributed by atoms with Gasteiger partial charge in [0.25, 0.3) is 0 Å². The highest BCUT2D eigenvalue weighted by Crippen LogP contribution is 2.37. The van der Waals surface area contributed by atoms with E-state index in [9.17, 15) is 4.79 Å². The van der Waals surface area contributed by atoms with Crippen LogP contribution in [-0.2, 0) is 4.74 Å². The molecule has 2 aliphatic rings. The van der Waals surface area contributed by atoms with Crippen LogP contribution in [-0.4, -0.2) is 46.2 Å². The molecule has 0 spiro atoms. The van der Waals surface area contributed by atoms with E-state index in [2.05, 4.69) is 21.4 Å². The van der Waals surface area contributed by atoms with Crippen molar-refractivity contribution < 1.29 is 9.53 Å². The molecule has 26 heavy (non-hydrogen) atoms. The molecular formula is C21H29N3O2. The highest BCUT2D eigenvalue weighted by Gasteiger charge is 2.34. The monoisotopic (exact) mass is 355 g/mol. The van der Waals surface area contributed by atoms with Crippen LogP contribution in [0.15, 0.2) is 18.3 Å². The first kappa shape index (κ1) is 17.5. The summed E-state index contributed by atoms with van der Waals surface area (Å²) in [5.74, 6) is 0.383. The maximum absolute atomic E-state index is 12.5. The molecule has 0 amide bonds. The molecule has 2 aromatic heterocycles. The summed E-state index contributed by atoms with van der Waals surface area (Å²) in [7, 11) is 0. The zero-order valence-electron chi connectivity index (χ0n) is 16.1. The molecule has 1 aliphatic carbocycles. The summed E-state index contributed by atoms with van der Waals surface area (Å²) in [6.45, 7) is 8.96. The summed E-state index contributed by atoms with van der Waals surface area (Å²) in [5.41, 5.74) is 2.57. The van der Waals surface area contributed by atoms with Gasteiger partial charge in [0, 0.05) is 29.4 Å². The van der Waals surface area contributed by atoms with Gasteiger partial charge < -0.3 is 14.2 Å². The average Bonchev–Trinajstić information content (AvgIpc) is 3.45. The SMILES string of the molecule is CCOC(=O)c1c(C)n(C(C)C2CCN(C3CC3)CC2)c2ncccc12. The minimum atomic E-state index is -0.238. The maximum Gasteiger partial charge on any atom is 0.340 e. The van der Waals surface area contributed by atoms with Gasteiger partial charge in [-0.2, -0.15) is 0 Å². The van der Waals surface area contributed by atoms with E-state index in [0.29, 0.717) is 24.1 Å². The lowest BCUT2D eigenvalue weighted by Gasteiger charge is -2.36. The van der Waals surface area contributed by atoms with Crippen LogP contribution in [0.2, 0.25) is 0 Å². The number of carbonyl (C=O) groups excluding carboxylic acids is 1. The van der Waals surface area contributed by atoms with E-state index in [-0.39, 0.29) is 5.97 Å². The van der Waals surface area contributed by atoms with Crippen molar-refractivity contribution in [3.05, 3.63) is 29.6 Å². The van der Waals surface area contributed by atoms with Gasteiger partial charge in [0.05, 0.1) is 12.2 Å². The molecule has 3 heterocycles. The molecule has 1 unspecified atom stereocenters. The topological polar surface area (TPSA) is 47.4 Å². The van der Waals surface area contributed by atoms with Gasteiger partial charge >= 0.3 is 5.97 Å². The molecule has 0 bridgehead atoms. The fourth-order valence-corrected chi connectivity index (χ4v) is 4.64. The highest BCUT2D eigenvalue weighted by atomic mass is 16.5. The third kappa shape index (κ3) is 3.02. The molecule has 5 nitrogen and oxygen atoms in total. The van der Waals surface area contributed by atoms with E-state index < -0.39 is 0 Å². The third-order valence-electron chi connectivity index (χ3n) is 6.21. The Bertz CT molecular complexity index is 801. The van der Waals surface area contributed by atoms with Crippen LogP contribution < -0.4 is 0 Å². The van der Waals surface area contributed by atoms with Crippen molar-refractivity contribution in [2.45, 2.75) is 58.5 Å². The Balaban J connectivity index is 1.65. The zero-order valence-corrected chi connectivity index (χ0v) is 16.1. The Morgan fingerprint density at radius 1 is 1.31 bits per heavy atom. The van der Waals surface area contributed by atoms with Gasteiger partial charge in [0.2, 0.25) is 0 Å². The van der Waals surface area contributed by atoms with Crippen molar-refractivity contribution in [2.24, 2.45) is 5.92 Å². The number of hydrogen-bond donors (Lipinski definition) is 0. The van der Waals surface area contributed by atoms with Crippen LogP contribution in [0, 0.1) is 12.8 Å². The van der Waals surface area contributed by atoms with Crippen molar-refractivity contribution in [3.63, 3.8) is 0 Å². The van der Waals surface area contributed by atoms with E-state index >= 15 is 0 Å².